The number of aromatic nitrogens is 2. The van der Waals surface area contributed by atoms with Crippen molar-refractivity contribution in [1.29, 1.82) is 0 Å². The molecule has 0 spiro atoms. The molecule has 0 radical (unpaired) electrons. The van der Waals surface area contributed by atoms with E-state index in [-0.39, 0.29) is 10.8 Å². The molecule has 0 amide bonds. The molecule has 1 aromatic heterocycles. The Morgan fingerprint density at radius 3 is 1.16 bits per heavy atom. The van der Waals surface area contributed by atoms with Gasteiger partial charge in [-0.1, -0.05) is 106 Å². The highest BCUT2D eigenvalue weighted by atomic mass is 16.5. The van der Waals surface area contributed by atoms with Crippen LogP contribution >= 0.6 is 0 Å². The van der Waals surface area contributed by atoms with Gasteiger partial charge in [-0.05, 0) is 95.1 Å². The van der Waals surface area contributed by atoms with Gasteiger partial charge in [-0.2, -0.15) is 4.98 Å². The van der Waals surface area contributed by atoms with Crippen LogP contribution in [0.3, 0.4) is 0 Å². The van der Waals surface area contributed by atoms with E-state index >= 15 is 0 Å². The van der Waals surface area contributed by atoms with Gasteiger partial charge in [0.05, 0.1) is 22.7 Å². The van der Waals surface area contributed by atoms with Crippen LogP contribution in [0.15, 0.2) is 150 Å². The Bertz CT molecular complexity index is 2090. The molecule has 9 rings (SSSR count). The summed E-state index contributed by atoms with van der Waals surface area (Å²) in [6, 6.07) is 51.6. The number of hydrogen-bond donors (Lipinski definition) is 0. The lowest BCUT2D eigenvalue weighted by Crippen LogP contribution is -2.30. The summed E-state index contributed by atoms with van der Waals surface area (Å²) < 4.78 is 5.81. The highest BCUT2D eigenvalue weighted by Crippen LogP contribution is 2.53. The number of benzene rings is 6. The average Bonchev–Trinajstić information content (AvgIpc) is 3.63. The summed E-state index contributed by atoms with van der Waals surface area (Å²) in [5, 5.41) is 4.37. The molecule has 7 aromatic rings. The predicted octanol–water partition coefficient (Wildman–Crippen LogP) is 11.6. The van der Waals surface area contributed by atoms with Crippen LogP contribution in [0.2, 0.25) is 0 Å². The highest BCUT2D eigenvalue weighted by Gasteiger charge is 2.37. The summed E-state index contributed by atoms with van der Waals surface area (Å²) in [6.45, 7) is 9.22. The van der Waals surface area contributed by atoms with E-state index in [0.717, 1.165) is 22.5 Å². The largest absolute Gasteiger partial charge is 0.334 e. The van der Waals surface area contributed by atoms with Crippen molar-refractivity contribution < 1.29 is 4.52 Å². The van der Waals surface area contributed by atoms with Gasteiger partial charge in [-0.25, -0.2) is 0 Å². The average molecular weight is 637 g/mol. The lowest BCUT2D eigenvalue weighted by Gasteiger charge is -2.42. The summed E-state index contributed by atoms with van der Waals surface area (Å²) in [4.78, 5) is 9.51. The fourth-order valence-electron chi connectivity index (χ4n) is 7.87. The van der Waals surface area contributed by atoms with E-state index in [9.17, 15) is 0 Å². The zero-order chi connectivity index (χ0) is 33.3. The number of fused-ring (bicyclic) bond motifs is 4. The van der Waals surface area contributed by atoms with Crippen molar-refractivity contribution in [3.05, 3.63) is 168 Å². The van der Waals surface area contributed by atoms with Gasteiger partial charge in [0.1, 0.15) is 0 Å². The number of rotatable bonds is 4. The van der Waals surface area contributed by atoms with Gasteiger partial charge in [0.25, 0.3) is 5.89 Å². The third-order valence-electron chi connectivity index (χ3n) is 10.5. The maximum absolute atomic E-state index is 5.81. The molecule has 0 bridgehead atoms. The summed E-state index contributed by atoms with van der Waals surface area (Å²) in [5.74, 6) is 1.06. The van der Waals surface area contributed by atoms with E-state index in [0.29, 0.717) is 11.7 Å². The molecular formula is C44H36N4O. The van der Waals surface area contributed by atoms with E-state index in [2.05, 4.69) is 188 Å². The topological polar surface area (TPSA) is 45.4 Å². The minimum absolute atomic E-state index is 0.0947. The lowest BCUT2D eigenvalue weighted by atomic mass is 9.73. The Morgan fingerprint density at radius 2 is 0.776 bits per heavy atom. The molecule has 0 atom stereocenters. The Hall–Kier alpha value is -5.94. The second kappa shape index (κ2) is 10.8. The van der Waals surface area contributed by atoms with Crippen LogP contribution in [-0.2, 0) is 10.8 Å². The summed E-state index contributed by atoms with van der Waals surface area (Å²) >= 11 is 0. The number of anilines is 6. The minimum atomic E-state index is -0.0956. The van der Waals surface area contributed by atoms with E-state index < -0.39 is 0 Å². The number of hydrogen-bond acceptors (Lipinski definition) is 5. The third kappa shape index (κ3) is 4.46. The molecule has 238 valence electrons. The van der Waals surface area contributed by atoms with E-state index in [1.807, 2.05) is 0 Å². The Balaban J connectivity index is 1.01. The molecule has 0 saturated carbocycles. The van der Waals surface area contributed by atoms with Crippen LogP contribution in [0, 0.1) is 0 Å². The first-order chi connectivity index (χ1) is 23.8. The molecular weight excluding hydrogens is 601 g/mol. The molecule has 6 aromatic carbocycles. The smallest absolute Gasteiger partial charge is 0.258 e. The van der Waals surface area contributed by atoms with E-state index in [1.54, 1.807) is 0 Å². The van der Waals surface area contributed by atoms with E-state index in [4.69, 9.17) is 9.51 Å². The van der Waals surface area contributed by atoms with Gasteiger partial charge in [-0.3, -0.25) is 0 Å². The summed E-state index contributed by atoms with van der Waals surface area (Å²) in [7, 11) is 0. The lowest BCUT2D eigenvalue weighted by molar-refractivity contribution is 0.432. The van der Waals surface area contributed by atoms with Gasteiger partial charge >= 0.3 is 0 Å². The molecule has 0 aliphatic carbocycles. The van der Waals surface area contributed by atoms with E-state index in [1.165, 1.54) is 45.0 Å². The van der Waals surface area contributed by atoms with Gasteiger partial charge in [-0.15, -0.1) is 0 Å². The van der Waals surface area contributed by atoms with Gasteiger partial charge in [0, 0.05) is 33.3 Å². The third-order valence-corrected chi connectivity index (χ3v) is 10.5. The zero-order valence-corrected chi connectivity index (χ0v) is 28.1. The molecule has 3 heterocycles. The fourth-order valence-corrected chi connectivity index (χ4v) is 7.87. The Labute approximate surface area is 287 Å². The first-order valence-electron chi connectivity index (χ1n) is 16.9. The molecule has 2 aliphatic rings. The Morgan fingerprint density at radius 1 is 0.429 bits per heavy atom. The first kappa shape index (κ1) is 29.2. The van der Waals surface area contributed by atoms with Gasteiger partial charge in [0.2, 0.25) is 5.82 Å². The van der Waals surface area contributed by atoms with Gasteiger partial charge in [0.15, 0.2) is 0 Å². The van der Waals surface area contributed by atoms with Crippen molar-refractivity contribution in [1.82, 2.24) is 10.1 Å². The van der Waals surface area contributed by atoms with Crippen LogP contribution in [-0.4, -0.2) is 10.1 Å². The summed E-state index contributed by atoms with van der Waals surface area (Å²) in [5.41, 5.74) is 13.8. The van der Waals surface area contributed by atoms with Crippen molar-refractivity contribution in [3.63, 3.8) is 0 Å². The maximum Gasteiger partial charge on any atom is 0.258 e. The van der Waals surface area contributed by atoms with Crippen LogP contribution < -0.4 is 9.80 Å². The minimum Gasteiger partial charge on any atom is -0.334 e. The second-order valence-corrected chi connectivity index (χ2v) is 14.0. The standard InChI is InChI=1S/C44H36N4O/c1-43(2)33-13-5-9-17-37(33)47(38-18-10-6-14-34(38)43)31-25-21-29(22-26-31)41-45-42(49-46-41)30-23-27-32(28-24-30)48-39-19-11-7-15-35(39)44(3,4)36-16-8-12-20-40(36)48/h5-28H,1-4H3. The highest BCUT2D eigenvalue weighted by molar-refractivity contribution is 5.87. The van der Waals surface area contributed by atoms with Crippen molar-refractivity contribution in [2.75, 3.05) is 9.80 Å². The number of para-hydroxylation sites is 4. The molecule has 0 fully saturated rings. The zero-order valence-electron chi connectivity index (χ0n) is 28.1. The quantitative estimate of drug-likeness (QED) is 0.192. The number of nitrogens with zero attached hydrogens (tertiary/aromatic N) is 4. The molecule has 5 heteroatoms. The van der Waals surface area contributed by atoms with Crippen molar-refractivity contribution in [2.45, 2.75) is 38.5 Å². The van der Waals surface area contributed by atoms with Crippen LogP contribution in [0.4, 0.5) is 34.1 Å². The SMILES string of the molecule is CC1(C)c2ccccc2N(c2ccc(-c3noc(-c4ccc(N5c6ccccc6C(C)(C)c6ccccc65)cc4)n3)cc2)c2ccccc21. The monoisotopic (exact) mass is 636 g/mol. The Kier molecular flexibility index (Phi) is 6.44. The first-order valence-corrected chi connectivity index (χ1v) is 16.9. The molecule has 0 N–H and O–H groups in total. The fraction of sp³-hybridized carbons (Fsp3) is 0.136. The second-order valence-electron chi connectivity index (χ2n) is 14.0. The molecule has 5 nitrogen and oxygen atoms in total. The molecule has 0 saturated heterocycles. The van der Waals surface area contributed by atoms with Crippen LogP contribution in [0.25, 0.3) is 22.8 Å². The van der Waals surface area contributed by atoms with Crippen molar-refractivity contribution in [2.24, 2.45) is 0 Å². The molecule has 0 unspecified atom stereocenters. The predicted molar refractivity (Wildman–Crippen MR) is 199 cm³/mol. The summed E-state index contributed by atoms with van der Waals surface area (Å²) in [6.07, 6.45) is 0. The maximum atomic E-state index is 5.81. The van der Waals surface area contributed by atoms with Crippen LogP contribution in [0.5, 0.6) is 0 Å². The van der Waals surface area contributed by atoms with Crippen molar-refractivity contribution in [3.8, 4) is 22.8 Å². The van der Waals surface area contributed by atoms with Gasteiger partial charge < -0.3 is 14.3 Å². The van der Waals surface area contributed by atoms with Crippen molar-refractivity contribution >= 4 is 34.1 Å². The normalized spacial score (nSPS) is 15.2. The molecule has 2 aliphatic heterocycles. The molecule has 49 heavy (non-hydrogen) atoms. The van der Waals surface area contributed by atoms with Crippen LogP contribution in [0.1, 0.15) is 49.9 Å².